The van der Waals surface area contributed by atoms with Gasteiger partial charge in [0.1, 0.15) is 24.1 Å². The van der Waals surface area contributed by atoms with Crippen LogP contribution < -0.4 is 20.1 Å². The Kier molecular flexibility index (Phi) is 12.5. The van der Waals surface area contributed by atoms with Gasteiger partial charge in [0.2, 0.25) is 11.8 Å². The second-order valence-corrected chi connectivity index (χ2v) is 10.5. The number of carbonyl (C=O) groups excluding carboxylic acids is 2. The summed E-state index contributed by atoms with van der Waals surface area (Å²) in [4.78, 5) is 28.5. The summed E-state index contributed by atoms with van der Waals surface area (Å²) in [5, 5.41) is 17.6. The number of methoxy groups -OCH3 is 1. The number of amides is 2. The molecule has 2 amide bonds. The summed E-state index contributed by atoms with van der Waals surface area (Å²) in [6.45, 7) is 5.04. The van der Waals surface area contributed by atoms with Crippen LogP contribution in [0.4, 0.5) is 0 Å². The average Bonchev–Trinajstić information content (AvgIpc) is 2.97. The Labute approximate surface area is 238 Å². The Morgan fingerprint density at radius 1 is 1.20 bits per heavy atom. The number of nitrogens with zero attached hydrogens (tertiary/aromatic N) is 1. The molecule has 8 heteroatoms. The van der Waals surface area contributed by atoms with Gasteiger partial charge in [0.25, 0.3) is 0 Å². The number of hydrogen-bond donors (Lipinski definition) is 3. The number of β-amino-alcohol motifs (C(OH)–C–C–N with tert-alkyl or cyclic N) is 1. The summed E-state index contributed by atoms with van der Waals surface area (Å²) in [7, 11) is 3.32. The van der Waals surface area contributed by atoms with Gasteiger partial charge in [-0.3, -0.25) is 9.59 Å². The molecule has 2 aromatic rings. The zero-order valence-corrected chi connectivity index (χ0v) is 24.3. The number of likely N-dealkylation sites (N-methyl/N-ethyl adjacent to an activating group) is 1. The quantitative estimate of drug-likeness (QED) is 0.431. The largest absolute Gasteiger partial charge is 0.497 e. The monoisotopic (exact) mass is 551 g/mol. The summed E-state index contributed by atoms with van der Waals surface area (Å²) in [5.41, 5.74) is 1.91. The predicted molar refractivity (Wildman–Crippen MR) is 157 cm³/mol. The van der Waals surface area contributed by atoms with Gasteiger partial charge < -0.3 is 30.1 Å². The first-order chi connectivity index (χ1) is 19.3. The van der Waals surface area contributed by atoms with E-state index in [2.05, 4.69) is 17.6 Å². The van der Waals surface area contributed by atoms with E-state index >= 15 is 0 Å². The molecule has 40 heavy (non-hydrogen) atoms. The third-order valence-corrected chi connectivity index (χ3v) is 7.42. The number of unbranched alkanes of at least 4 members (excludes halogenated alkanes) is 1. The molecule has 2 aromatic carbocycles. The van der Waals surface area contributed by atoms with Crippen molar-refractivity contribution < 1.29 is 24.2 Å². The molecule has 0 saturated carbocycles. The van der Waals surface area contributed by atoms with Crippen LogP contribution in [0.3, 0.4) is 0 Å². The molecular formula is C32H45N3O5. The molecule has 1 aliphatic rings. The molecule has 0 radical (unpaired) electrons. The van der Waals surface area contributed by atoms with Gasteiger partial charge in [-0.25, -0.2) is 0 Å². The minimum Gasteiger partial charge on any atom is -0.497 e. The van der Waals surface area contributed by atoms with E-state index in [-0.39, 0.29) is 24.3 Å². The lowest BCUT2D eigenvalue weighted by molar-refractivity contribution is -0.142. The van der Waals surface area contributed by atoms with Crippen molar-refractivity contribution in [3.63, 3.8) is 0 Å². The number of ether oxygens (including phenoxy) is 2. The van der Waals surface area contributed by atoms with Crippen LogP contribution in [0.5, 0.6) is 11.5 Å². The lowest BCUT2D eigenvalue weighted by Gasteiger charge is -2.32. The maximum Gasteiger partial charge on any atom is 0.243 e. The third kappa shape index (κ3) is 9.10. The lowest BCUT2D eigenvalue weighted by Crippen LogP contribution is -2.55. The standard InChI is InChI=1S/C32H45N3O5/c1-5-6-12-23(2)32(38)35(3)28-15-10-11-18-40-30-17-16-26(39-4)20-25(30)21-33-22-29(36)27(34-31(28)37)19-24-13-8-7-9-14-24/h7-11,13-14,16-17,20,23,27-29,33,36H,5-6,12,15,18-19,21-22H2,1-4H3,(H,34,37)/b11-10+/t23-,27-,28-,29+/m0/s1. The highest BCUT2D eigenvalue weighted by molar-refractivity contribution is 5.88. The van der Waals surface area contributed by atoms with Crippen LogP contribution in [0.2, 0.25) is 0 Å². The second-order valence-electron chi connectivity index (χ2n) is 10.5. The van der Waals surface area contributed by atoms with Crippen LogP contribution in [0.15, 0.2) is 60.7 Å². The second kappa shape index (κ2) is 16.0. The van der Waals surface area contributed by atoms with Gasteiger partial charge in [-0.2, -0.15) is 0 Å². The number of aliphatic hydroxyl groups is 1. The van der Waals surface area contributed by atoms with Gasteiger partial charge >= 0.3 is 0 Å². The van der Waals surface area contributed by atoms with Gasteiger partial charge in [0, 0.05) is 31.6 Å². The van der Waals surface area contributed by atoms with Gasteiger partial charge in [-0.1, -0.05) is 69.2 Å². The molecule has 218 valence electrons. The Hall–Kier alpha value is -3.36. The predicted octanol–water partition coefficient (Wildman–Crippen LogP) is 3.87. The van der Waals surface area contributed by atoms with E-state index in [1.54, 1.807) is 19.1 Å². The van der Waals surface area contributed by atoms with E-state index in [1.165, 1.54) is 0 Å². The van der Waals surface area contributed by atoms with Gasteiger partial charge in [-0.05, 0) is 43.0 Å². The molecule has 4 atom stereocenters. The summed E-state index contributed by atoms with van der Waals surface area (Å²) in [5.74, 6) is 0.917. The smallest absolute Gasteiger partial charge is 0.243 e. The number of fused-ring (bicyclic) bond motifs is 1. The van der Waals surface area contributed by atoms with Crippen molar-refractivity contribution in [1.29, 1.82) is 0 Å². The molecule has 0 saturated heterocycles. The van der Waals surface area contributed by atoms with Crippen LogP contribution in [-0.4, -0.2) is 67.3 Å². The maximum atomic E-state index is 13.7. The fraction of sp³-hybridized carbons (Fsp3) is 0.500. The molecule has 0 spiro atoms. The highest BCUT2D eigenvalue weighted by Gasteiger charge is 2.31. The molecular weight excluding hydrogens is 506 g/mol. The van der Waals surface area contributed by atoms with Gasteiger partial charge in [0.05, 0.1) is 19.3 Å². The van der Waals surface area contributed by atoms with Crippen LogP contribution in [0.1, 0.15) is 50.7 Å². The first kappa shape index (κ1) is 31.2. The molecule has 1 aliphatic heterocycles. The topological polar surface area (TPSA) is 100 Å². The van der Waals surface area contributed by atoms with Crippen molar-refractivity contribution >= 4 is 11.8 Å². The van der Waals surface area contributed by atoms with E-state index in [9.17, 15) is 14.7 Å². The van der Waals surface area contributed by atoms with Crippen molar-refractivity contribution in [3.8, 4) is 11.5 Å². The molecule has 0 aromatic heterocycles. The number of nitrogens with one attached hydrogen (secondary N) is 2. The van der Waals surface area contributed by atoms with E-state index < -0.39 is 18.2 Å². The SMILES string of the molecule is CCCC[C@H](C)C(=O)N(C)[C@H]1C/C=C/COc2ccc(OC)cc2CNC[C@@H](O)[C@H](Cc2ccccc2)NC1=O. The van der Waals surface area contributed by atoms with Crippen molar-refractivity contribution in [2.24, 2.45) is 5.92 Å². The van der Waals surface area contributed by atoms with Crippen molar-refractivity contribution in [2.75, 3.05) is 27.3 Å². The summed E-state index contributed by atoms with van der Waals surface area (Å²) >= 11 is 0. The van der Waals surface area contributed by atoms with E-state index in [0.29, 0.717) is 31.7 Å². The van der Waals surface area contributed by atoms with Gasteiger partial charge in [0.15, 0.2) is 0 Å². The number of hydrogen-bond acceptors (Lipinski definition) is 6. The Balaban J connectivity index is 1.89. The minimum absolute atomic E-state index is 0.0548. The molecule has 8 nitrogen and oxygen atoms in total. The zero-order valence-electron chi connectivity index (χ0n) is 24.3. The lowest BCUT2D eigenvalue weighted by atomic mass is 9.99. The first-order valence-electron chi connectivity index (χ1n) is 14.3. The number of rotatable bonds is 8. The van der Waals surface area contributed by atoms with E-state index in [1.807, 2.05) is 67.6 Å². The number of aliphatic hydroxyl groups excluding tert-OH is 1. The highest BCUT2D eigenvalue weighted by atomic mass is 16.5. The fourth-order valence-electron chi connectivity index (χ4n) is 4.90. The zero-order chi connectivity index (χ0) is 28.9. The molecule has 3 N–H and O–H groups in total. The molecule has 0 bridgehead atoms. The minimum atomic E-state index is -0.870. The van der Waals surface area contributed by atoms with Crippen LogP contribution >= 0.6 is 0 Å². The number of benzene rings is 2. The van der Waals surface area contributed by atoms with Crippen LogP contribution in [0, 0.1) is 5.92 Å². The summed E-state index contributed by atoms with van der Waals surface area (Å²) in [6.07, 6.45) is 6.42. The first-order valence-corrected chi connectivity index (χ1v) is 14.3. The molecule has 0 aliphatic carbocycles. The van der Waals surface area contributed by atoms with Crippen LogP contribution in [0.25, 0.3) is 0 Å². The Bertz CT molecular complexity index is 1110. The third-order valence-electron chi connectivity index (χ3n) is 7.42. The van der Waals surface area contributed by atoms with Crippen molar-refractivity contribution in [1.82, 2.24) is 15.5 Å². The van der Waals surface area contributed by atoms with Crippen molar-refractivity contribution in [2.45, 2.75) is 70.7 Å². The number of carbonyl (C=O) groups is 2. The van der Waals surface area contributed by atoms with E-state index in [4.69, 9.17) is 9.47 Å². The normalized spacial score (nSPS) is 21.9. The molecule has 1 heterocycles. The van der Waals surface area contributed by atoms with E-state index in [0.717, 1.165) is 36.1 Å². The highest BCUT2D eigenvalue weighted by Crippen LogP contribution is 2.24. The Morgan fingerprint density at radius 3 is 2.70 bits per heavy atom. The molecule has 0 fully saturated rings. The van der Waals surface area contributed by atoms with Gasteiger partial charge in [-0.15, -0.1) is 0 Å². The Morgan fingerprint density at radius 2 is 1.98 bits per heavy atom. The molecule has 0 unspecified atom stereocenters. The van der Waals surface area contributed by atoms with Crippen LogP contribution in [-0.2, 0) is 22.6 Å². The van der Waals surface area contributed by atoms with Crippen molar-refractivity contribution in [3.05, 3.63) is 71.8 Å². The fourth-order valence-corrected chi connectivity index (χ4v) is 4.90. The average molecular weight is 552 g/mol. The molecule has 3 rings (SSSR count). The maximum absolute atomic E-state index is 13.7. The summed E-state index contributed by atoms with van der Waals surface area (Å²) < 4.78 is 11.4. The summed E-state index contributed by atoms with van der Waals surface area (Å²) in [6, 6.07) is 14.1.